The quantitative estimate of drug-likeness (QED) is 0.746. The molecule has 0 aliphatic heterocycles. The van der Waals surface area contributed by atoms with E-state index in [2.05, 4.69) is 20.8 Å². The minimum Gasteiger partial charge on any atom is -0.326 e. The number of aromatic amines is 1. The number of carbonyl (C=O) groups excluding carboxylic acids is 1. The van der Waals surface area contributed by atoms with Gasteiger partial charge >= 0.3 is 0 Å². The maximum absolute atomic E-state index is 11.6. The van der Waals surface area contributed by atoms with Gasteiger partial charge in [-0.2, -0.15) is 5.10 Å². The molecule has 0 saturated heterocycles. The van der Waals surface area contributed by atoms with Gasteiger partial charge < -0.3 is 10.6 Å². The molecule has 90 valence electrons. The van der Waals surface area contributed by atoms with Gasteiger partial charge in [-0.25, -0.2) is 0 Å². The SMILES string of the molecule is CNCCC(=O)Nc1cc2[nH]ncc2cc1C. The predicted octanol–water partition coefficient (Wildman–Crippen LogP) is 1.42. The second-order valence-corrected chi connectivity index (χ2v) is 4.03. The molecule has 0 aliphatic rings. The van der Waals surface area contributed by atoms with Crippen LogP contribution in [0.1, 0.15) is 12.0 Å². The summed E-state index contributed by atoms with van der Waals surface area (Å²) in [5, 5.41) is 13.8. The highest BCUT2D eigenvalue weighted by Gasteiger charge is 2.06. The third-order valence-electron chi connectivity index (χ3n) is 2.66. The molecule has 1 amide bonds. The summed E-state index contributed by atoms with van der Waals surface area (Å²) >= 11 is 0. The van der Waals surface area contributed by atoms with Crippen LogP contribution in [0.5, 0.6) is 0 Å². The second-order valence-electron chi connectivity index (χ2n) is 4.03. The zero-order chi connectivity index (χ0) is 12.3. The highest BCUT2D eigenvalue weighted by atomic mass is 16.1. The molecule has 0 bridgehead atoms. The van der Waals surface area contributed by atoms with E-state index in [4.69, 9.17) is 0 Å². The van der Waals surface area contributed by atoms with Gasteiger partial charge in [0.25, 0.3) is 0 Å². The Morgan fingerprint density at radius 1 is 1.47 bits per heavy atom. The monoisotopic (exact) mass is 232 g/mol. The van der Waals surface area contributed by atoms with E-state index in [0.717, 1.165) is 22.2 Å². The van der Waals surface area contributed by atoms with Crippen LogP contribution in [-0.4, -0.2) is 29.7 Å². The van der Waals surface area contributed by atoms with Gasteiger partial charge in [0, 0.05) is 24.0 Å². The second kappa shape index (κ2) is 4.97. The maximum Gasteiger partial charge on any atom is 0.225 e. The van der Waals surface area contributed by atoms with E-state index in [1.807, 2.05) is 26.1 Å². The van der Waals surface area contributed by atoms with Crippen LogP contribution in [0.2, 0.25) is 0 Å². The van der Waals surface area contributed by atoms with Crippen LogP contribution in [0.3, 0.4) is 0 Å². The minimum atomic E-state index is 0.0151. The number of hydrogen-bond acceptors (Lipinski definition) is 3. The largest absolute Gasteiger partial charge is 0.326 e. The van der Waals surface area contributed by atoms with Crippen molar-refractivity contribution < 1.29 is 4.79 Å². The molecule has 17 heavy (non-hydrogen) atoms. The van der Waals surface area contributed by atoms with Crippen molar-refractivity contribution in [1.82, 2.24) is 15.5 Å². The summed E-state index contributed by atoms with van der Waals surface area (Å²) in [5.41, 5.74) is 2.80. The lowest BCUT2D eigenvalue weighted by molar-refractivity contribution is -0.116. The van der Waals surface area contributed by atoms with Gasteiger partial charge in [-0.3, -0.25) is 9.89 Å². The topological polar surface area (TPSA) is 69.8 Å². The number of nitrogens with zero attached hydrogens (tertiary/aromatic N) is 1. The van der Waals surface area contributed by atoms with Crippen LogP contribution >= 0.6 is 0 Å². The Morgan fingerprint density at radius 2 is 2.29 bits per heavy atom. The van der Waals surface area contributed by atoms with Gasteiger partial charge in [-0.15, -0.1) is 0 Å². The van der Waals surface area contributed by atoms with Gasteiger partial charge in [0.2, 0.25) is 5.91 Å². The Bertz CT molecular complexity index is 532. The first-order chi connectivity index (χ1) is 8.20. The van der Waals surface area contributed by atoms with Crippen molar-refractivity contribution in [2.75, 3.05) is 18.9 Å². The van der Waals surface area contributed by atoms with Crippen molar-refractivity contribution in [2.24, 2.45) is 0 Å². The summed E-state index contributed by atoms with van der Waals surface area (Å²) in [5.74, 6) is 0.0151. The number of nitrogens with one attached hydrogen (secondary N) is 3. The van der Waals surface area contributed by atoms with Crippen molar-refractivity contribution in [3.8, 4) is 0 Å². The molecule has 1 aromatic heterocycles. The normalized spacial score (nSPS) is 10.7. The van der Waals surface area contributed by atoms with Crippen molar-refractivity contribution in [3.63, 3.8) is 0 Å². The Kier molecular flexibility index (Phi) is 3.39. The summed E-state index contributed by atoms with van der Waals surface area (Å²) in [4.78, 5) is 11.6. The van der Waals surface area contributed by atoms with Crippen LogP contribution in [0.15, 0.2) is 18.3 Å². The van der Waals surface area contributed by atoms with E-state index in [9.17, 15) is 4.79 Å². The predicted molar refractivity (Wildman–Crippen MR) is 68.0 cm³/mol. The standard InChI is InChI=1S/C12H16N4O/c1-8-5-9-7-14-16-11(9)6-10(8)15-12(17)3-4-13-2/h5-7,13H,3-4H2,1-2H3,(H,14,16)(H,15,17). The number of fused-ring (bicyclic) bond motifs is 1. The minimum absolute atomic E-state index is 0.0151. The molecule has 0 unspecified atom stereocenters. The molecule has 1 aromatic carbocycles. The van der Waals surface area contributed by atoms with Gasteiger partial charge in [-0.1, -0.05) is 0 Å². The van der Waals surface area contributed by atoms with Gasteiger partial charge in [0.15, 0.2) is 0 Å². The summed E-state index contributed by atoms with van der Waals surface area (Å²) in [6.45, 7) is 2.65. The molecule has 3 N–H and O–H groups in total. The fourth-order valence-corrected chi connectivity index (χ4v) is 1.69. The number of rotatable bonds is 4. The van der Waals surface area contributed by atoms with Crippen molar-refractivity contribution in [2.45, 2.75) is 13.3 Å². The summed E-state index contributed by atoms with van der Waals surface area (Å²) in [6, 6.07) is 3.92. The Morgan fingerprint density at radius 3 is 3.06 bits per heavy atom. The third-order valence-corrected chi connectivity index (χ3v) is 2.66. The number of H-pyrrole nitrogens is 1. The number of aryl methyl sites for hydroxylation is 1. The number of anilines is 1. The first-order valence-electron chi connectivity index (χ1n) is 5.59. The number of benzene rings is 1. The first-order valence-corrected chi connectivity index (χ1v) is 5.59. The van der Waals surface area contributed by atoms with E-state index >= 15 is 0 Å². The Balaban J connectivity index is 2.17. The van der Waals surface area contributed by atoms with Gasteiger partial charge in [0.1, 0.15) is 0 Å². The van der Waals surface area contributed by atoms with Crippen molar-refractivity contribution in [3.05, 3.63) is 23.9 Å². The zero-order valence-corrected chi connectivity index (χ0v) is 10.0. The molecule has 2 aromatic rings. The average molecular weight is 232 g/mol. The zero-order valence-electron chi connectivity index (χ0n) is 10.0. The van der Waals surface area contributed by atoms with Crippen LogP contribution < -0.4 is 10.6 Å². The molecule has 0 spiro atoms. The molecular weight excluding hydrogens is 216 g/mol. The van der Waals surface area contributed by atoms with Crippen LogP contribution in [0.25, 0.3) is 10.9 Å². The molecule has 0 radical (unpaired) electrons. The number of hydrogen-bond donors (Lipinski definition) is 3. The van der Waals surface area contributed by atoms with E-state index in [0.29, 0.717) is 13.0 Å². The molecule has 1 heterocycles. The number of amides is 1. The molecule has 0 atom stereocenters. The third kappa shape index (κ3) is 2.62. The fraction of sp³-hybridized carbons (Fsp3) is 0.333. The number of aromatic nitrogens is 2. The highest BCUT2D eigenvalue weighted by Crippen LogP contribution is 2.21. The summed E-state index contributed by atoms with van der Waals surface area (Å²) < 4.78 is 0. The molecule has 0 saturated carbocycles. The molecule has 5 heteroatoms. The van der Waals surface area contributed by atoms with Gasteiger partial charge in [-0.05, 0) is 31.7 Å². The molecule has 2 rings (SSSR count). The first kappa shape index (κ1) is 11.6. The summed E-state index contributed by atoms with van der Waals surface area (Å²) in [7, 11) is 1.83. The Labute approximate surface area is 99.6 Å². The molecule has 0 fully saturated rings. The summed E-state index contributed by atoms with van der Waals surface area (Å²) in [6.07, 6.45) is 2.24. The van der Waals surface area contributed by atoms with Crippen LogP contribution in [-0.2, 0) is 4.79 Å². The Hall–Kier alpha value is -1.88. The molecular formula is C12H16N4O. The van der Waals surface area contributed by atoms with Gasteiger partial charge in [0.05, 0.1) is 11.7 Å². The lowest BCUT2D eigenvalue weighted by Gasteiger charge is -2.08. The fourth-order valence-electron chi connectivity index (χ4n) is 1.69. The lowest BCUT2D eigenvalue weighted by atomic mass is 10.1. The highest BCUT2D eigenvalue weighted by molar-refractivity contribution is 5.94. The lowest BCUT2D eigenvalue weighted by Crippen LogP contribution is -2.19. The van der Waals surface area contributed by atoms with E-state index in [1.54, 1.807) is 6.20 Å². The van der Waals surface area contributed by atoms with Crippen LogP contribution in [0.4, 0.5) is 5.69 Å². The van der Waals surface area contributed by atoms with Crippen molar-refractivity contribution in [1.29, 1.82) is 0 Å². The smallest absolute Gasteiger partial charge is 0.225 e. The average Bonchev–Trinajstić information content (AvgIpc) is 2.74. The maximum atomic E-state index is 11.6. The number of carbonyl (C=O) groups is 1. The van der Waals surface area contributed by atoms with E-state index in [-0.39, 0.29) is 5.91 Å². The van der Waals surface area contributed by atoms with E-state index in [1.165, 1.54) is 0 Å². The molecule has 5 nitrogen and oxygen atoms in total. The molecule has 0 aliphatic carbocycles. The van der Waals surface area contributed by atoms with E-state index < -0.39 is 0 Å². The van der Waals surface area contributed by atoms with Crippen molar-refractivity contribution >= 4 is 22.5 Å². The van der Waals surface area contributed by atoms with Crippen LogP contribution in [0, 0.1) is 6.92 Å².